The first-order chi connectivity index (χ1) is 5.63. The van der Waals surface area contributed by atoms with Gasteiger partial charge in [0.2, 0.25) is 5.95 Å². The molecule has 1 aromatic rings. The van der Waals surface area contributed by atoms with Gasteiger partial charge < -0.3 is 5.11 Å². The first-order valence-electron chi connectivity index (χ1n) is 3.42. The lowest BCUT2D eigenvalue weighted by Gasteiger charge is -1.99. The molecular formula is C6H10N4O2. The van der Waals surface area contributed by atoms with E-state index in [1.165, 1.54) is 4.68 Å². The Bertz CT molecular complexity index is 294. The molecule has 0 aromatic carbocycles. The van der Waals surface area contributed by atoms with Crippen molar-refractivity contribution in [1.29, 1.82) is 0 Å². The first-order valence-corrected chi connectivity index (χ1v) is 3.42. The van der Waals surface area contributed by atoms with Gasteiger partial charge in [0.25, 0.3) is 5.91 Å². The summed E-state index contributed by atoms with van der Waals surface area (Å²) in [6.45, 7) is 1.17. The van der Waals surface area contributed by atoms with Gasteiger partial charge in [-0.25, -0.2) is 4.68 Å². The minimum Gasteiger partial charge on any atom is -0.387 e. The van der Waals surface area contributed by atoms with Crippen molar-refractivity contribution in [3.05, 3.63) is 5.82 Å². The van der Waals surface area contributed by atoms with Gasteiger partial charge in [0.15, 0.2) is 0 Å². The van der Waals surface area contributed by atoms with Crippen LogP contribution >= 0.6 is 0 Å². The largest absolute Gasteiger partial charge is 0.387 e. The van der Waals surface area contributed by atoms with E-state index < -0.39 is 12.5 Å². The van der Waals surface area contributed by atoms with Crippen LogP contribution in [0.25, 0.3) is 0 Å². The number of amides is 1. The van der Waals surface area contributed by atoms with Crippen LogP contribution in [0.1, 0.15) is 5.82 Å². The Morgan fingerprint density at radius 1 is 1.75 bits per heavy atom. The Hall–Kier alpha value is -1.43. The van der Waals surface area contributed by atoms with E-state index >= 15 is 0 Å². The predicted octanol–water partition coefficient (Wildman–Crippen LogP) is -0.946. The number of carbonyl (C=O) groups is 1. The topological polar surface area (TPSA) is 80.0 Å². The predicted molar refractivity (Wildman–Crippen MR) is 41.5 cm³/mol. The van der Waals surface area contributed by atoms with E-state index in [1.807, 2.05) is 0 Å². The van der Waals surface area contributed by atoms with Crippen molar-refractivity contribution in [2.24, 2.45) is 7.05 Å². The lowest BCUT2D eigenvalue weighted by molar-refractivity contribution is -0.118. The molecule has 0 saturated heterocycles. The maximum absolute atomic E-state index is 10.7. The molecule has 0 fully saturated rings. The van der Waals surface area contributed by atoms with E-state index in [1.54, 1.807) is 14.0 Å². The standard InChI is InChI=1S/C6H10N4O2/c1-4-7-6(10(2)9-4)8-5(12)3-11/h11H,3H2,1-2H3,(H,7,8,9,12). The van der Waals surface area contributed by atoms with Crippen molar-refractivity contribution >= 4 is 11.9 Å². The molecule has 0 aliphatic rings. The average Bonchev–Trinajstić information content (AvgIpc) is 2.30. The SMILES string of the molecule is Cc1nc(NC(=O)CO)n(C)n1. The number of carbonyl (C=O) groups excluding carboxylic acids is 1. The zero-order chi connectivity index (χ0) is 9.14. The monoisotopic (exact) mass is 170 g/mol. The number of hydrogen-bond acceptors (Lipinski definition) is 4. The number of anilines is 1. The molecule has 1 heterocycles. The van der Waals surface area contributed by atoms with Gasteiger partial charge in [-0.2, -0.15) is 10.1 Å². The molecular weight excluding hydrogens is 160 g/mol. The number of aliphatic hydroxyl groups is 1. The van der Waals surface area contributed by atoms with Crippen LogP contribution in [0.15, 0.2) is 0 Å². The fraction of sp³-hybridized carbons (Fsp3) is 0.500. The normalized spacial score (nSPS) is 9.92. The molecule has 0 spiro atoms. The molecule has 66 valence electrons. The second-order valence-corrected chi connectivity index (χ2v) is 2.31. The van der Waals surface area contributed by atoms with E-state index in [0.29, 0.717) is 11.8 Å². The summed E-state index contributed by atoms with van der Waals surface area (Å²) in [4.78, 5) is 14.6. The molecule has 0 atom stereocenters. The van der Waals surface area contributed by atoms with Crippen molar-refractivity contribution in [1.82, 2.24) is 14.8 Å². The van der Waals surface area contributed by atoms with Crippen LogP contribution in [-0.2, 0) is 11.8 Å². The summed E-state index contributed by atoms with van der Waals surface area (Å²) in [5.74, 6) is 0.419. The molecule has 0 unspecified atom stereocenters. The van der Waals surface area contributed by atoms with Gasteiger partial charge in [0.05, 0.1) is 0 Å². The highest BCUT2D eigenvalue weighted by atomic mass is 16.3. The summed E-state index contributed by atoms with van der Waals surface area (Å²) in [5.41, 5.74) is 0. The highest BCUT2D eigenvalue weighted by molar-refractivity contribution is 5.89. The van der Waals surface area contributed by atoms with Crippen molar-refractivity contribution in [3.63, 3.8) is 0 Å². The van der Waals surface area contributed by atoms with E-state index in [0.717, 1.165) is 0 Å². The number of aromatic nitrogens is 3. The van der Waals surface area contributed by atoms with Crippen LogP contribution in [0.5, 0.6) is 0 Å². The van der Waals surface area contributed by atoms with E-state index in [4.69, 9.17) is 5.11 Å². The Morgan fingerprint density at radius 2 is 2.42 bits per heavy atom. The first kappa shape index (κ1) is 8.66. The second-order valence-electron chi connectivity index (χ2n) is 2.31. The zero-order valence-corrected chi connectivity index (χ0v) is 6.90. The smallest absolute Gasteiger partial charge is 0.252 e. The number of aliphatic hydroxyl groups excluding tert-OH is 1. The molecule has 2 N–H and O–H groups in total. The number of rotatable bonds is 2. The van der Waals surface area contributed by atoms with Gasteiger partial charge >= 0.3 is 0 Å². The number of aryl methyl sites for hydroxylation is 2. The Labute approximate surface area is 69.2 Å². The molecule has 12 heavy (non-hydrogen) atoms. The van der Waals surface area contributed by atoms with Gasteiger partial charge in [-0.15, -0.1) is 0 Å². The number of nitrogens with zero attached hydrogens (tertiary/aromatic N) is 3. The fourth-order valence-electron chi connectivity index (χ4n) is 0.786. The van der Waals surface area contributed by atoms with Crippen LogP contribution in [0.4, 0.5) is 5.95 Å². The third kappa shape index (κ3) is 1.79. The molecule has 6 heteroatoms. The molecule has 0 saturated carbocycles. The molecule has 0 aliphatic heterocycles. The summed E-state index contributed by atoms with van der Waals surface area (Å²) in [5, 5.41) is 14.7. The lowest BCUT2D eigenvalue weighted by Crippen LogP contribution is -2.18. The maximum atomic E-state index is 10.7. The minimum absolute atomic E-state index is 0.339. The number of hydrogen-bond donors (Lipinski definition) is 2. The molecule has 6 nitrogen and oxygen atoms in total. The highest BCUT2D eigenvalue weighted by Gasteiger charge is 2.06. The van der Waals surface area contributed by atoms with Gasteiger partial charge in [0.1, 0.15) is 12.4 Å². The van der Waals surface area contributed by atoms with Crippen molar-refractivity contribution in [2.75, 3.05) is 11.9 Å². The molecule has 1 aromatic heterocycles. The number of nitrogens with one attached hydrogen (secondary N) is 1. The molecule has 1 amide bonds. The molecule has 0 aliphatic carbocycles. The minimum atomic E-state index is -0.550. The summed E-state index contributed by atoms with van der Waals surface area (Å²) in [7, 11) is 1.66. The van der Waals surface area contributed by atoms with Crippen LogP contribution in [0, 0.1) is 6.92 Å². The van der Waals surface area contributed by atoms with Crippen LogP contribution < -0.4 is 5.32 Å². The van der Waals surface area contributed by atoms with Gasteiger partial charge in [0, 0.05) is 7.05 Å². The summed E-state index contributed by atoms with van der Waals surface area (Å²) < 4.78 is 1.43. The van der Waals surface area contributed by atoms with Crippen LogP contribution in [0.2, 0.25) is 0 Å². The molecule has 0 bridgehead atoms. The van der Waals surface area contributed by atoms with Gasteiger partial charge in [-0.1, -0.05) is 0 Å². The lowest BCUT2D eigenvalue weighted by atomic mass is 10.6. The maximum Gasteiger partial charge on any atom is 0.252 e. The summed E-state index contributed by atoms with van der Waals surface area (Å²) >= 11 is 0. The third-order valence-electron chi connectivity index (χ3n) is 1.26. The Kier molecular flexibility index (Phi) is 2.39. The highest BCUT2D eigenvalue weighted by Crippen LogP contribution is 2.00. The second kappa shape index (κ2) is 3.31. The Balaban J connectivity index is 2.75. The van der Waals surface area contributed by atoms with E-state index in [2.05, 4.69) is 15.4 Å². The fourth-order valence-corrected chi connectivity index (χ4v) is 0.786. The molecule has 1 rings (SSSR count). The van der Waals surface area contributed by atoms with Gasteiger partial charge in [-0.3, -0.25) is 10.1 Å². The quantitative estimate of drug-likeness (QED) is 0.600. The van der Waals surface area contributed by atoms with E-state index in [9.17, 15) is 4.79 Å². The summed E-state index contributed by atoms with van der Waals surface area (Å²) in [6, 6.07) is 0. The summed E-state index contributed by atoms with van der Waals surface area (Å²) in [6.07, 6.45) is 0. The average molecular weight is 170 g/mol. The zero-order valence-electron chi connectivity index (χ0n) is 6.90. The van der Waals surface area contributed by atoms with Crippen molar-refractivity contribution in [2.45, 2.75) is 6.92 Å². The van der Waals surface area contributed by atoms with Crippen LogP contribution in [-0.4, -0.2) is 32.4 Å². The third-order valence-corrected chi connectivity index (χ3v) is 1.26. The van der Waals surface area contributed by atoms with E-state index in [-0.39, 0.29) is 0 Å². The van der Waals surface area contributed by atoms with Crippen molar-refractivity contribution in [3.8, 4) is 0 Å². The Morgan fingerprint density at radius 3 is 2.83 bits per heavy atom. The van der Waals surface area contributed by atoms with Gasteiger partial charge in [-0.05, 0) is 6.92 Å². The van der Waals surface area contributed by atoms with Crippen molar-refractivity contribution < 1.29 is 9.90 Å². The molecule has 0 radical (unpaired) electrons. The van der Waals surface area contributed by atoms with Crippen LogP contribution in [0.3, 0.4) is 0 Å².